The van der Waals surface area contributed by atoms with Crippen LogP contribution in [0.25, 0.3) is 0 Å². The summed E-state index contributed by atoms with van der Waals surface area (Å²) in [5, 5.41) is 3.59. The van der Waals surface area contributed by atoms with Gasteiger partial charge in [0.15, 0.2) is 0 Å². The Morgan fingerprint density at radius 1 is 1.24 bits per heavy atom. The van der Waals surface area contributed by atoms with Gasteiger partial charge >= 0.3 is 0 Å². The molecule has 3 rings (SSSR count). The van der Waals surface area contributed by atoms with Crippen LogP contribution in [-0.4, -0.2) is 16.5 Å². The maximum Gasteiger partial charge on any atom is 0.0926 e. The van der Waals surface area contributed by atoms with E-state index in [1.54, 1.807) is 6.33 Å². The van der Waals surface area contributed by atoms with Gasteiger partial charge in [0.25, 0.3) is 0 Å². The predicted octanol–water partition coefficient (Wildman–Crippen LogP) is 2.13. The number of nitrogens with one attached hydrogen (secondary N) is 2. The lowest BCUT2D eigenvalue weighted by atomic mass is 9.84. The van der Waals surface area contributed by atoms with Crippen molar-refractivity contribution in [1.29, 1.82) is 0 Å². The molecule has 0 unspecified atom stereocenters. The van der Waals surface area contributed by atoms with Crippen LogP contribution in [0.2, 0.25) is 0 Å². The number of hydrogen-bond acceptors (Lipinski definition) is 2. The number of benzene rings is 1. The first-order valence-corrected chi connectivity index (χ1v) is 6.05. The summed E-state index contributed by atoms with van der Waals surface area (Å²) in [4.78, 5) is 7.73. The van der Waals surface area contributed by atoms with E-state index < -0.39 is 0 Å². The summed E-state index contributed by atoms with van der Waals surface area (Å²) >= 11 is 0. The third-order valence-electron chi connectivity index (χ3n) is 3.67. The van der Waals surface area contributed by atoms with E-state index in [1.165, 1.54) is 16.8 Å². The van der Waals surface area contributed by atoms with Crippen LogP contribution in [0.5, 0.6) is 0 Å². The normalized spacial score (nSPS) is 23.4. The van der Waals surface area contributed by atoms with Gasteiger partial charge < -0.3 is 10.3 Å². The number of fused-ring (bicyclic) bond motifs is 1. The highest BCUT2D eigenvalue weighted by Crippen LogP contribution is 2.32. The van der Waals surface area contributed by atoms with E-state index in [0.717, 1.165) is 18.7 Å². The zero-order valence-corrected chi connectivity index (χ0v) is 10.2. The number of aromatic amines is 1. The molecule has 1 aromatic heterocycles. The smallest absolute Gasteiger partial charge is 0.0926 e. The van der Waals surface area contributed by atoms with Crippen molar-refractivity contribution in [2.24, 2.45) is 0 Å². The minimum atomic E-state index is -0.165. The predicted molar refractivity (Wildman–Crippen MR) is 67.9 cm³/mol. The van der Waals surface area contributed by atoms with E-state index in [1.807, 2.05) is 0 Å². The van der Waals surface area contributed by atoms with Crippen LogP contribution in [0, 0.1) is 6.92 Å². The largest absolute Gasteiger partial charge is 0.348 e. The topological polar surface area (TPSA) is 40.7 Å². The van der Waals surface area contributed by atoms with Crippen LogP contribution < -0.4 is 5.32 Å². The van der Waals surface area contributed by atoms with E-state index >= 15 is 0 Å². The van der Waals surface area contributed by atoms with Crippen LogP contribution >= 0.6 is 0 Å². The number of rotatable bonds is 1. The molecule has 0 spiro atoms. The molecular formula is C14H17N3. The molecule has 0 radical (unpaired) electrons. The molecule has 1 aliphatic heterocycles. The van der Waals surface area contributed by atoms with Gasteiger partial charge in [-0.05, 0) is 19.4 Å². The standard InChI is InChI=1S/C14H17N3/c1-10-3-5-11(6-4-10)14(2)13-12(7-8-17-14)15-9-16-13/h3-6,9,17H,7-8H2,1-2H3,(H,15,16)/t14-/m0/s1. The number of hydrogen-bond donors (Lipinski definition) is 2. The maximum absolute atomic E-state index is 4.49. The summed E-state index contributed by atoms with van der Waals surface area (Å²) in [7, 11) is 0. The molecule has 0 fully saturated rings. The van der Waals surface area contributed by atoms with E-state index in [0.29, 0.717) is 0 Å². The molecule has 2 aromatic rings. The molecular weight excluding hydrogens is 210 g/mol. The maximum atomic E-state index is 4.49. The Morgan fingerprint density at radius 2 is 2.00 bits per heavy atom. The van der Waals surface area contributed by atoms with Gasteiger partial charge in [-0.3, -0.25) is 0 Å². The summed E-state index contributed by atoms with van der Waals surface area (Å²) in [5.74, 6) is 0. The van der Waals surface area contributed by atoms with Gasteiger partial charge in [-0.25, -0.2) is 4.98 Å². The van der Waals surface area contributed by atoms with Crippen molar-refractivity contribution >= 4 is 0 Å². The number of imidazole rings is 1. The van der Waals surface area contributed by atoms with Crippen molar-refractivity contribution in [2.75, 3.05) is 6.54 Å². The van der Waals surface area contributed by atoms with Gasteiger partial charge in [0.05, 0.1) is 17.6 Å². The van der Waals surface area contributed by atoms with Crippen LogP contribution in [0.15, 0.2) is 30.6 Å². The summed E-state index contributed by atoms with van der Waals surface area (Å²) in [6.45, 7) is 5.30. The Morgan fingerprint density at radius 3 is 2.76 bits per heavy atom. The van der Waals surface area contributed by atoms with Crippen molar-refractivity contribution in [3.8, 4) is 0 Å². The molecule has 0 aliphatic carbocycles. The fourth-order valence-electron chi connectivity index (χ4n) is 2.59. The number of nitrogens with zero attached hydrogens (tertiary/aromatic N) is 1. The first kappa shape index (κ1) is 10.5. The van der Waals surface area contributed by atoms with Crippen LogP contribution in [0.3, 0.4) is 0 Å². The molecule has 0 saturated heterocycles. The zero-order chi connectivity index (χ0) is 11.9. The molecule has 1 atom stereocenters. The number of aryl methyl sites for hydroxylation is 1. The van der Waals surface area contributed by atoms with Gasteiger partial charge in [0, 0.05) is 18.7 Å². The van der Waals surface area contributed by atoms with Gasteiger partial charge in [-0.1, -0.05) is 29.8 Å². The second kappa shape index (κ2) is 3.70. The Labute approximate surface area is 101 Å². The quantitative estimate of drug-likeness (QED) is 0.783. The van der Waals surface area contributed by atoms with E-state index in [9.17, 15) is 0 Å². The Hall–Kier alpha value is -1.61. The molecule has 2 N–H and O–H groups in total. The molecule has 3 heteroatoms. The molecule has 0 saturated carbocycles. The average molecular weight is 227 g/mol. The number of aromatic nitrogens is 2. The third kappa shape index (κ3) is 1.58. The Kier molecular flexibility index (Phi) is 2.30. The lowest BCUT2D eigenvalue weighted by molar-refractivity contribution is 0.403. The van der Waals surface area contributed by atoms with Gasteiger partial charge in [-0.15, -0.1) is 0 Å². The second-order valence-electron chi connectivity index (χ2n) is 4.90. The van der Waals surface area contributed by atoms with Crippen molar-refractivity contribution in [2.45, 2.75) is 25.8 Å². The average Bonchev–Trinajstić information content (AvgIpc) is 2.80. The summed E-state index contributed by atoms with van der Waals surface area (Å²) in [6, 6.07) is 8.69. The van der Waals surface area contributed by atoms with E-state index in [4.69, 9.17) is 0 Å². The molecule has 1 aromatic carbocycles. The lowest BCUT2D eigenvalue weighted by Crippen LogP contribution is -2.46. The highest BCUT2D eigenvalue weighted by atomic mass is 15.1. The van der Waals surface area contributed by atoms with Crippen LogP contribution in [0.1, 0.15) is 29.4 Å². The minimum Gasteiger partial charge on any atom is -0.348 e. The van der Waals surface area contributed by atoms with Crippen molar-refractivity contribution in [3.63, 3.8) is 0 Å². The van der Waals surface area contributed by atoms with Gasteiger partial charge in [0.1, 0.15) is 0 Å². The summed E-state index contributed by atoms with van der Waals surface area (Å²) in [6.07, 6.45) is 2.82. The molecule has 88 valence electrons. The minimum absolute atomic E-state index is 0.165. The van der Waals surface area contributed by atoms with Crippen LogP contribution in [-0.2, 0) is 12.0 Å². The molecule has 2 heterocycles. The van der Waals surface area contributed by atoms with E-state index in [2.05, 4.69) is 53.4 Å². The fourth-order valence-corrected chi connectivity index (χ4v) is 2.59. The van der Waals surface area contributed by atoms with Crippen molar-refractivity contribution in [3.05, 3.63) is 53.1 Å². The van der Waals surface area contributed by atoms with E-state index in [-0.39, 0.29) is 5.54 Å². The lowest BCUT2D eigenvalue weighted by Gasteiger charge is -2.34. The second-order valence-corrected chi connectivity index (χ2v) is 4.90. The molecule has 0 amide bonds. The van der Waals surface area contributed by atoms with Crippen LogP contribution in [0.4, 0.5) is 0 Å². The molecule has 0 bridgehead atoms. The monoisotopic (exact) mass is 227 g/mol. The highest BCUT2D eigenvalue weighted by molar-refractivity contribution is 5.39. The van der Waals surface area contributed by atoms with Gasteiger partial charge in [0.2, 0.25) is 0 Å². The molecule has 1 aliphatic rings. The summed E-state index contributed by atoms with van der Waals surface area (Å²) < 4.78 is 0. The zero-order valence-electron chi connectivity index (χ0n) is 10.2. The first-order chi connectivity index (χ1) is 8.20. The summed E-state index contributed by atoms with van der Waals surface area (Å²) in [5.41, 5.74) is 4.78. The molecule has 3 nitrogen and oxygen atoms in total. The molecule has 17 heavy (non-hydrogen) atoms. The van der Waals surface area contributed by atoms with Gasteiger partial charge in [-0.2, -0.15) is 0 Å². The highest BCUT2D eigenvalue weighted by Gasteiger charge is 2.35. The SMILES string of the molecule is Cc1ccc([C@]2(C)NCCc3[nH]cnc32)cc1. The van der Waals surface area contributed by atoms with Crippen molar-refractivity contribution < 1.29 is 0 Å². The third-order valence-corrected chi connectivity index (χ3v) is 3.67. The number of H-pyrrole nitrogens is 1. The Bertz CT molecular complexity index is 527. The Balaban J connectivity index is 2.11. The first-order valence-electron chi connectivity index (χ1n) is 6.05. The van der Waals surface area contributed by atoms with Crippen molar-refractivity contribution in [1.82, 2.24) is 15.3 Å². The fraction of sp³-hybridized carbons (Fsp3) is 0.357.